The minimum Gasteiger partial charge on any atom is -0.376 e. The van der Waals surface area contributed by atoms with Crippen molar-refractivity contribution in [3.63, 3.8) is 0 Å². The Morgan fingerprint density at radius 1 is 1.20 bits per heavy atom. The molecule has 0 radical (unpaired) electrons. The molecule has 1 aliphatic rings. The highest BCUT2D eigenvalue weighted by molar-refractivity contribution is 6.12. The van der Waals surface area contributed by atoms with Crippen molar-refractivity contribution in [3.8, 4) is 0 Å². The zero-order valence-corrected chi connectivity index (χ0v) is 14.0. The number of rotatable bonds is 4. The second-order valence-electron chi connectivity index (χ2n) is 6.42. The molecule has 1 atom stereocenters. The minimum absolute atomic E-state index is 0.120. The fourth-order valence-corrected chi connectivity index (χ4v) is 3.31. The molecule has 0 saturated carbocycles. The van der Waals surface area contributed by atoms with Gasteiger partial charge in [0.05, 0.1) is 24.5 Å². The lowest BCUT2D eigenvalue weighted by molar-refractivity contribution is 0.00401. The minimum atomic E-state index is -0.120. The normalized spacial score (nSPS) is 17.5. The van der Waals surface area contributed by atoms with E-state index in [-0.39, 0.29) is 12.0 Å². The highest BCUT2D eigenvalue weighted by Gasteiger charge is 2.16. The summed E-state index contributed by atoms with van der Waals surface area (Å²) in [7, 11) is 0. The molecule has 0 spiro atoms. The molecule has 1 saturated heterocycles. The maximum Gasteiger partial charge on any atom is 0.256 e. The van der Waals surface area contributed by atoms with Gasteiger partial charge < -0.3 is 10.1 Å². The van der Waals surface area contributed by atoms with Gasteiger partial charge in [0.2, 0.25) is 0 Å². The third kappa shape index (κ3) is 3.56. The van der Waals surface area contributed by atoms with Crippen molar-refractivity contribution >= 4 is 22.4 Å². The van der Waals surface area contributed by atoms with Crippen LogP contribution in [0.25, 0.3) is 10.8 Å². The van der Waals surface area contributed by atoms with E-state index in [9.17, 15) is 4.79 Å². The van der Waals surface area contributed by atoms with Crippen LogP contribution in [0.5, 0.6) is 0 Å². The molecule has 128 valence electrons. The summed E-state index contributed by atoms with van der Waals surface area (Å²) in [6, 6.07) is 13.7. The van der Waals surface area contributed by atoms with Gasteiger partial charge in [-0.15, -0.1) is 0 Å². The van der Waals surface area contributed by atoms with Crippen molar-refractivity contribution < 1.29 is 9.53 Å². The molecule has 1 aromatic heterocycles. The number of carbonyl (C=O) groups is 1. The van der Waals surface area contributed by atoms with Gasteiger partial charge in [-0.1, -0.05) is 36.4 Å². The molecule has 5 nitrogen and oxygen atoms in total. The summed E-state index contributed by atoms with van der Waals surface area (Å²) < 4.78 is 7.58. The number of anilines is 1. The van der Waals surface area contributed by atoms with E-state index < -0.39 is 0 Å². The van der Waals surface area contributed by atoms with Crippen molar-refractivity contribution in [1.82, 2.24) is 9.78 Å². The van der Waals surface area contributed by atoms with Crippen LogP contribution in [0.15, 0.2) is 54.9 Å². The standard InChI is InChI=1S/C20H21N3O2/c24-20(19-10-5-7-15-6-1-2-9-18(15)19)22-16-12-21-23(13-16)14-17-8-3-4-11-25-17/h1-2,5-7,9-10,12-13,17H,3-4,8,11,14H2,(H,22,24)/t17-/m0/s1. The summed E-state index contributed by atoms with van der Waals surface area (Å²) in [4.78, 5) is 12.7. The van der Waals surface area contributed by atoms with E-state index in [1.165, 1.54) is 6.42 Å². The molecular formula is C20H21N3O2. The average molecular weight is 335 g/mol. The van der Waals surface area contributed by atoms with Crippen molar-refractivity contribution in [2.45, 2.75) is 31.9 Å². The Labute approximate surface area is 146 Å². The van der Waals surface area contributed by atoms with Crippen molar-refractivity contribution in [2.24, 2.45) is 0 Å². The number of ether oxygens (including phenoxy) is 1. The summed E-state index contributed by atoms with van der Waals surface area (Å²) in [5.74, 6) is -0.120. The number of fused-ring (bicyclic) bond motifs is 1. The first kappa shape index (κ1) is 15.8. The highest BCUT2D eigenvalue weighted by Crippen LogP contribution is 2.20. The molecule has 0 bridgehead atoms. The Morgan fingerprint density at radius 2 is 2.08 bits per heavy atom. The van der Waals surface area contributed by atoms with E-state index in [2.05, 4.69) is 10.4 Å². The van der Waals surface area contributed by atoms with Crippen molar-refractivity contribution in [3.05, 3.63) is 60.4 Å². The second kappa shape index (κ2) is 7.07. The van der Waals surface area contributed by atoms with E-state index in [4.69, 9.17) is 4.74 Å². The van der Waals surface area contributed by atoms with Gasteiger partial charge in [-0.3, -0.25) is 9.48 Å². The predicted molar refractivity (Wildman–Crippen MR) is 97.7 cm³/mol. The summed E-state index contributed by atoms with van der Waals surface area (Å²) in [5, 5.41) is 9.29. The van der Waals surface area contributed by atoms with Gasteiger partial charge in [-0.05, 0) is 36.1 Å². The molecule has 1 N–H and O–H groups in total. The maximum atomic E-state index is 12.7. The van der Waals surface area contributed by atoms with Crippen LogP contribution < -0.4 is 5.32 Å². The van der Waals surface area contributed by atoms with Crippen LogP contribution in [0, 0.1) is 0 Å². The first-order valence-corrected chi connectivity index (χ1v) is 8.73. The number of nitrogens with one attached hydrogen (secondary N) is 1. The van der Waals surface area contributed by atoms with Crippen LogP contribution in [0.4, 0.5) is 5.69 Å². The van der Waals surface area contributed by atoms with E-state index in [0.29, 0.717) is 11.3 Å². The van der Waals surface area contributed by atoms with E-state index in [1.54, 1.807) is 6.20 Å². The summed E-state index contributed by atoms with van der Waals surface area (Å²) in [6.07, 6.45) is 7.18. The van der Waals surface area contributed by atoms with E-state index in [1.807, 2.05) is 53.3 Å². The third-order valence-electron chi connectivity index (χ3n) is 4.59. The largest absolute Gasteiger partial charge is 0.376 e. The van der Waals surface area contributed by atoms with Crippen LogP contribution in [-0.2, 0) is 11.3 Å². The lowest BCUT2D eigenvalue weighted by Crippen LogP contribution is -2.24. The Kier molecular flexibility index (Phi) is 4.48. The number of benzene rings is 2. The van der Waals surface area contributed by atoms with Crippen LogP contribution in [0.3, 0.4) is 0 Å². The molecular weight excluding hydrogens is 314 g/mol. The molecule has 25 heavy (non-hydrogen) atoms. The summed E-state index contributed by atoms with van der Waals surface area (Å²) in [6.45, 7) is 1.56. The number of aromatic nitrogens is 2. The molecule has 0 aliphatic carbocycles. The summed E-state index contributed by atoms with van der Waals surface area (Å²) >= 11 is 0. The zero-order valence-electron chi connectivity index (χ0n) is 14.0. The average Bonchev–Trinajstić information content (AvgIpc) is 3.09. The predicted octanol–water partition coefficient (Wildman–Crippen LogP) is 3.86. The maximum absolute atomic E-state index is 12.7. The monoisotopic (exact) mass is 335 g/mol. The molecule has 0 unspecified atom stereocenters. The molecule has 1 amide bonds. The van der Waals surface area contributed by atoms with Crippen molar-refractivity contribution in [1.29, 1.82) is 0 Å². The number of carbonyl (C=O) groups excluding carboxylic acids is 1. The molecule has 2 heterocycles. The van der Waals surface area contributed by atoms with Gasteiger partial charge in [0.15, 0.2) is 0 Å². The number of nitrogens with zero attached hydrogens (tertiary/aromatic N) is 2. The Bertz CT molecular complexity index is 876. The lowest BCUT2D eigenvalue weighted by Gasteiger charge is -2.22. The van der Waals surface area contributed by atoms with Crippen LogP contribution in [0.2, 0.25) is 0 Å². The first-order valence-electron chi connectivity index (χ1n) is 8.73. The van der Waals surface area contributed by atoms with E-state index >= 15 is 0 Å². The Balaban J connectivity index is 1.47. The van der Waals surface area contributed by atoms with Crippen LogP contribution in [-0.4, -0.2) is 28.4 Å². The molecule has 3 aromatic rings. The SMILES string of the molecule is O=C(Nc1cnn(C[C@@H]2CCCCO2)c1)c1cccc2ccccc12. The number of hydrogen-bond donors (Lipinski definition) is 1. The molecule has 4 rings (SSSR count). The van der Waals surface area contributed by atoms with Gasteiger partial charge in [-0.25, -0.2) is 0 Å². The fraction of sp³-hybridized carbons (Fsp3) is 0.300. The Morgan fingerprint density at radius 3 is 2.96 bits per heavy atom. The Hall–Kier alpha value is -2.66. The summed E-state index contributed by atoms with van der Waals surface area (Å²) in [5.41, 5.74) is 1.37. The lowest BCUT2D eigenvalue weighted by atomic mass is 10.0. The topological polar surface area (TPSA) is 56.2 Å². The second-order valence-corrected chi connectivity index (χ2v) is 6.42. The quantitative estimate of drug-likeness (QED) is 0.788. The van der Waals surface area contributed by atoms with Crippen molar-refractivity contribution in [2.75, 3.05) is 11.9 Å². The molecule has 1 fully saturated rings. The van der Waals surface area contributed by atoms with Crippen LogP contribution in [0.1, 0.15) is 29.6 Å². The van der Waals surface area contributed by atoms with Gasteiger partial charge in [0.25, 0.3) is 5.91 Å². The number of hydrogen-bond acceptors (Lipinski definition) is 3. The molecule has 5 heteroatoms. The zero-order chi connectivity index (χ0) is 17.1. The first-order chi connectivity index (χ1) is 12.3. The van der Waals surface area contributed by atoms with Gasteiger partial charge in [0.1, 0.15) is 0 Å². The van der Waals surface area contributed by atoms with E-state index in [0.717, 1.165) is 36.8 Å². The van der Waals surface area contributed by atoms with Gasteiger partial charge in [-0.2, -0.15) is 5.10 Å². The number of amides is 1. The smallest absolute Gasteiger partial charge is 0.256 e. The fourth-order valence-electron chi connectivity index (χ4n) is 3.31. The highest BCUT2D eigenvalue weighted by atomic mass is 16.5. The van der Waals surface area contributed by atoms with Crippen LogP contribution >= 0.6 is 0 Å². The van der Waals surface area contributed by atoms with Gasteiger partial charge >= 0.3 is 0 Å². The third-order valence-corrected chi connectivity index (χ3v) is 4.59. The molecule has 2 aromatic carbocycles. The van der Waals surface area contributed by atoms with Gasteiger partial charge in [0, 0.05) is 18.4 Å². The molecule has 1 aliphatic heterocycles.